The summed E-state index contributed by atoms with van der Waals surface area (Å²) in [6.07, 6.45) is 1.09. The van der Waals surface area contributed by atoms with Crippen molar-refractivity contribution in [2.24, 2.45) is 5.84 Å². The number of aromatic nitrogens is 2. The number of nitrogens with two attached hydrogens (primary N) is 1. The minimum Gasteiger partial charge on any atom is -0.354 e. The molecule has 1 aromatic rings. The zero-order valence-electron chi connectivity index (χ0n) is 10.5. The van der Waals surface area contributed by atoms with Gasteiger partial charge in [-0.3, -0.25) is 0 Å². The molecule has 5 nitrogen and oxygen atoms in total. The van der Waals surface area contributed by atoms with E-state index in [0.717, 1.165) is 24.6 Å². The number of aryl methyl sites for hydroxylation is 1. The highest BCUT2D eigenvalue weighted by Crippen LogP contribution is 2.18. The van der Waals surface area contributed by atoms with Crippen molar-refractivity contribution in [3.63, 3.8) is 0 Å². The van der Waals surface area contributed by atoms with E-state index in [0.29, 0.717) is 11.9 Å². The first-order valence-electron chi connectivity index (χ1n) is 5.71. The summed E-state index contributed by atoms with van der Waals surface area (Å²) in [6.45, 7) is 9.28. The molecular formula is C11H21N5. The van der Waals surface area contributed by atoms with Gasteiger partial charge in [-0.1, -0.05) is 6.92 Å². The average Bonchev–Trinajstić information content (AvgIpc) is 2.29. The molecule has 5 heteroatoms. The summed E-state index contributed by atoms with van der Waals surface area (Å²) in [7, 11) is 0. The molecule has 0 spiro atoms. The van der Waals surface area contributed by atoms with Crippen molar-refractivity contribution in [3.05, 3.63) is 11.9 Å². The van der Waals surface area contributed by atoms with Gasteiger partial charge in [-0.15, -0.1) is 0 Å². The molecule has 0 saturated heterocycles. The predicted octanol–water partition coefficient (Wildman–Crippen LogP) is 1.70. The van der Waals surface area contributed by atoms with Gasteiger partial charge in [0.1, 0.15) is 17.5 Å². The summed E-state index contributed by atoms with van der Waals surface area (Å²) in [5, 5.41) is 0. The van der Waals surface area contributed by atoms with E-state index in [-0.39, 0.29) is 0 Å². The second-order valence-corrected chi connectivity index (χ2v) is 3.85. The van der Waals surface area contributed by atoms with Gasteiger partial charge < -0.3 is 10.3 Å². The first kappa shape index (κ1) is 12.7. The van der Waals surface area contributed by atoms with Crippen LogP contribution in [0, 0.1) is 6.92 Å². The fraction of sp³-hybridized carbons (Fsp3) is 0.636. The molecule has 90 valence electrons. The molecule has 0 fully saturated rings. The molecule has 0 aliphatic heterocycles. The molecule has 0 bridgehead atoms. The molecule has 1 unspecified atom stereocenters. The predicted molar refractivity (Wildman–Crippen MR) is 67.4 cm³/mol. The van der Waals surface area contributed by atoms with Crippen LogP contribution in [0.15, 0.2) is 6.07 Å². The molecule has 1 heterocycles. The van der Waals surface area contributed by atoms with Gasteiger partial charge in [-0.25, -0.2) is 15.8 Å². The Labute approximate surface area is 97.0 Å². The van der Waals surface area contributed by atoms with Gasteiger partial charge in [0.15, 0.2) is 0 Å². The quantitative estimate of drug-likeness (QED) is 0.587. The maximum atomic E-state index is 5.38. The van der Waals surface area contributed by atoms with Crippen LogP contribution in [0.25, 0.3) is 0 Å². The van der Waals surface area contributed by atoms with E-state index in [1.165, 1.54) is 0 Å². The van der Waals surface area contributed by atoms with E-state index in [1.807, 2.05) is 13.0 Å². The Kier molecular flexibility index (Phi) is 4.49. The number of hydrazine groups is 1. The van der Waals surface area contributed by atoms with Crippen LogP contribution in [-0.2, 0) is 0 Å². The van der Waals surface area contributed by atoms with Gasteiger partial charge in [0, 0.05) is 18.7 Å². The third-order valence-electron chi connectivity index (χ3n) is 2.73. The molecule has 0 amide bonds. The normalized spacial score (nSPS) is 12.3. The second kappa shape index (κ2) is 5.65. The minimum absolute atomic E-state index is 0.463. The standard InChI is InChI=1S/C11H21N5/c1-5-8(3)16(6-2)11-7-10(15-12)13-9(4)14-11/h7-8H,5-6,12H2,1-4H3,(H,13,14,15). The molecule has 0 aliphatic carbocycles. The number of hydrogen-bond acceptors (Lipinski definition) is 5. The fourth-order valence-electron chi connectivity index (χ4n) is 1.69. The van der Waals surface area contributed by atoms with E-state index in [4.69, 9.17) is 5.84 Å². The van der Waals surface area contributed by atoms with E-state index in [2.05, 4.69) is 41.1 Å². The van der Waals surface area contributed by atoms with Gasteiger partial charge >= 0.3 is 0 Å². The monoisotopic (exact) mass is 223 g/mol. The average molecular weight is 223 g/mol. The summed E-state index contributed by atoms with van der Waals surface area (Å²) in [4.78, 5) is 10.9. The highest BCUT2D eigenvalue weighted by atomic mass is 15.3. The van der Waals surface area contributed by atoms with Crippen molar-refractivity contribution in [3.8, 4) is 0 Å². The molecule has 1 atom stereocenters. The zero-order valence-corrected chi connectivity index (χ0v) is 10.5. The van der Waals surface area contributed by atoms with Crippen LogP contribution >= 0.6 is 0 Å². The summed E-state index contributed by atoms with van der Waals surface area (Å²) in [6, 6.07) is 2.34. The largest absolute Gasteiger partial charge is 0.354 e. The van der Waals surface area contributed by atoms with Crippen molar-refractivity contribution in [1.29, 1.82) is 0 Å². The Bertz CT molecular complexity index is 339. The number of hydrogen-bond donors (Lipinski definition) is 2. The Morgan fingerprint density at radius 3 is 2.62 bits per heavy atom. The van der Waals surface area contributed by atoms with Gasteiger partial charge in [-0.05, 0) is 27.2 Å². The maximum Gasteiger partial charge on any atom is 0.145 e. The molecule has 0 radical (unpaired) electrons. The molecule has 16 heavy (non-hydrogen) atoms. The molecule has 1 aromatic heterocycles. The molecule has 3 N–H and O–H groups in total. The van der Waals surface area contributed by atoms with Crippen molar-refractivity contribution >= 4 is 11.6 Å². The lowest BCUT2D eigenvalue weighted by Crippen LogP contribution is -2.33. The fourth-order valence-corrected chi connectivity index (χ4v) is 1.69. The lowest BCUT2D eigenvalue weighted by atomic mass is 10.2. The Hall–Kier alpha value is -1.36. The first-order valence-corrected chi connectivity index (χ1v) is 5.71. The Morgan fingerprint density at radius 1 is 1.44 bits per heavy atom. The topological polar surface area (TPSA) is 67.1 Å². The van der Waals surface area contributed by atoms with Crippen molar-refractivity contribution in [1.82, 2.24) is 9.97 Å². The first-order chi connectivity index (χ1) is 7.62. The molecule has 0 saturated carbocycles. The Morgan fingerprint density at radius 2 is 2.12 bits per heavy atom. The van der Waals surface area contributed by atoms with Crippen molar-refractivity contribution in [2.45, 2.75) is 40.2 Å². The maximum absolute atomic E-state index is 5.38. The lowest BCUT2D eigenvalue weighted by Gasteiger charge is -2.28. The van der Waals surface area contributed by atoms with Gasteiger partial charge in [-0.2, -0.15) is 0 Å². The summed E-state index contributed by atoms with van der Waals surface area (Å²) in [5.74, 6) is 7.69. The van der Waals surface area contributed by atoms with E-state index in [1.54, 1.807) is 0 Å². The number of nitrogens with zero attached hydrogens (tertiary/aromatic N) is 3. The van der Waals surface area contributed by atoms with E-state index in [9.17, 15) is 0 Å². The van der Waals surface area contributed by atoms with Gasteiger partial charge in [0.05, 0.1) is 0 Å². The highest BCUT2D eigenvalue weighted by Gasteiger charge is 2.13. The van der Waals surface area contributed by atoms with Crippen LogP contribution in [0.4, 0.5) is 11.6 Å². The van der Waals surface area contributed by atoms with E-state index < -0.39 is 0 Å². The third-order valence-corrected chi connectivity index (χ3v) is 2.73. The third kappa shape index (κ3) is 2.82. The molecule has 0 aliphatic rings. The second-order valence-electron chi connectivity index (χ2n) is 3.85. The van der Waals surface area contributed by atoms with Crippen LogP contribution in [0.5, 0.6) is 0 Å². The SMILES string of the molecule is CCC(C)N(CC)c1cc(NN)nc(C)n1. The van der Waals surface area contributed by atoms with Crippen LogP contribution in [-0.4, -0.2) is 22.6 Å². The van der Waals surface area contributed by atoms with Crippen molar-refractivity contribution in [2.75, 3.05) is 16.9 Å². The summed E-state index contributed by atoms with van der Waals surface area (Å²) >= 11 is 0. The number of rotatable bonds is 5. The number of anilines is 2. The smallest absolute Gasteiger partial charge is 0.145 e. The van der Waals surface area contributed by atoms with Gasteiger partial charge in [0.25, 0.3) is 0 Å². The van der Waals surface area contributed by atoms with Crippen LogP contribution in [0.1, 0.15) is 33.0 Å². The minimum atomic E-state index is 0.463. The van der Waals surface area contributed by atoms with Crippen LogP contribution in [0.2, 0.25) is 0 Å². The highest BCUT2D eigenvalue weighted by molar-refractivity contribution is 5.49. The molecule has 0 aromatic carbocycles. The lowest BCUT2D eigenvalue weighted by molar-refractivity contribution is 0.621. The zero-order chi connectivity index (χ0) is 12.1. The van der Waals surface area contributed by atoms with Crippen LogP contribution in [0.3, 0.4) is 0 Å². The molecule has 1 rings (SSSR count). The van der Waals surface area contributed by atoms with Crippen LogP contribution < -0.4 is 16.2 Å². The van der Waals surface area contributed by atoms with Gasteiger partial charge in [0.2, 0.25) is 0 Å². The van der Waals surface area contributed by atoms with E-state index >= 15 is 0 Å². The summed E-state index contributed by atoms with van der Waals surface area (Å²) in [5.41, 5.74) is 2.57. The molecular weight excluding hydrogens is 202 g/mol. The Balaban J connectivity index is 3.04. The number of nitrogens with one attached hydrogen (secondary N) is 1. The summed E-state index contributed by atoms with van der Waals surface area (Å²) < 4.78 is 0. The van der Waals surface area contributed by atoms with Crippen molar-refractivity contribution < 1.29 is 0 Å². The number of nitrogen functional groups attached to an aromatic ring is 1.